The Morgan fingerprint density at radius 1 is 1.03 bits per heavy atom. The molecule has 0 radical (unpaired) electrons. The van der Waals surface area contributed by atoms with Crippen molar-refractivity contribution in [3.63, 3.8) is 0 Å². The van der Waals surface area contributed by atoms with Gasteiger partial charge in [0.2, 0.25) is 5.91 Å². The van der Waals surface area contributed by atoms with E-state index in [-0.39, 0.29) is 0 Å². The van der Waals surface area contributed by atoms with Crippen LogP contribution in [0.1, 0.15) is 27.2 Å². The molecule has 0 unspecified atom stereocenters. The van der Waals surface area contributed by atoms with Gasteiger partial charge in [0, 0.05) is 42.7 Å². The predicted octanol–water partition coefficient (Wildman–Crippen LogP) is 4.15. The van der Waals surface area contributed by atoms with E-state index >= 15 is 0 Å². The number of hydrogen-bond donors (Lipinski definition) is 1. The highest BCUT2D eigenvalue weighted by Gasteiger charge is 2.25. The molecule has 5 rings (SSSR count). The Morgan fingerprint density at radius 3 is 2.66 bits per heavy atom. The summed E-state index contributed by atoms with van der Waals surface area (Å²) in [5.41, 5.74) is 10.2. The first kappa shape index (κ1) is 17.6. The summed E-state index contributed by atoms with van der Waals surface area (Å²) in [6.07, 6.45) is 0.840. The summed E-state index contributed by atoms with van der Waals surface area (Å²) >= 11 is 0. The monoisotopic (exact) mass is 383 g/mol. The molecule has 0 saturated carbocycles. The van der Waals surface area contributed by atoms with Gasteiger partial charge in [0.15, 0.2) is 0 Å². The third-order valence-corrected chi connectivity index (χ3v) is 5.60. The molecule has 0 aliphatic carbocycles. The van der Waals surface area contributed by atoms with Gasteiger partial charge in [0.1, 0.15) is 11.5 Å². The Kier molecular flexibility index (Phi) is 4.37. The molecular weight excluding hydrogens is 362 g/mol. The Balaban J connectivity index is 1.43. The molecule has 3 aromatic carbocycles. The molecule has 0 saturated heterocycles. The van der Waals surface area contributed by atoms with E-state index in [4.69, 9.17) is 10.3 Å². The van der Waals surface area contributed by atoms with E-state index in [1.807, 2.05) is 12.1 Å². The van der Waals surface area contributed by atoms with Crippen molar-refractivity contribution in [2.45, 2.75) is 19.5 Å². The summed E-state index contributed by atoms with van der Waals surface area (Å²) in [6, 6.07) is 22.2. The second kappa shape index (κ2) is 7.18. The normalized spacial score (nSPS) is 14.1. The van der Waals surface area contributed by atoms with Gasteiger partial charge >= 0.3 is 0 Å². The molecule has 0 fully saturated rings. The molecule has 1 aliphatic rings. The third-order valence-electron chi connectivity index (χ3n) is 5.60. The molecule has 0 bridgehead atoms. The number of nitrogens with zero attached hydrogens (tertiary/aromatic N) is 2. The van der Waals surface area contributed by atoms with Crippen molar-refractivity contribution in [2.75, 3.05) is 6.54 Å². The van der Waals surface area contributed by atoms with E-state index < -0.39 is 5.91 Å². The lowest BCUT2D eigenvalue weighted by atomic mass is 9.97. The molecule has 2 heterocycles. The average molecular weight is 383 g/mol. The van der Waals surface area contributed by atoms with Crippen LogP contribution in [0, 0.1) is 0 Å². The molecule has 144 valence electrons. The van der Waals surface area contributed by atoms with Crippen molar-refractivity contribution in [3.8, 4) is 11.3 Å². The highest BCUT2D eigenvalue weighted by molar-refractivity contribution is 5.96. The first-order valence-corrected chi connectivity index (χ1v) is 9.76. The number of benzene rings is 3. The lowest BCUT2D eigenvalue weighted by molar-refractivity contribution is 0.1000. The zero-order chi connectivity index (χ0) is 19.8. The number of aromatic nitrogens is 1. The minimum Gasteiger partial charge on any atom is -0.366 e. The van der Waals surface area contributed by atoms with Crippen molar-refractivity contribution in [3.05, 3.63) is 89.2 Å². The molecule has 1 aliphatic heterocycles. The summed E-state index contributed by atoms with van der Waals surface area (Å²) in [7, 11) is 0. The first-order valence-electron chi connectivity index (χ1n) is 9.76. The molecule has 2 N–H and O–H groups in total. The van der Waals surface area contributed by atoms with Crippen molar-refractivity contribution >= 4 is 16.7 Å². The molecule has 5 nitrogen and oxygen atoms in total. The summed E-state index contributed by atoms with van der Waals surface area (Å²) in [6.45, 7) is 2.50. The molecule has 1 aromatic heterocycles. The number of fused-ring (bicyclic) bond motifs is 2. The van der Waals surface area contributed by atoms with E-state index in [1.54, 1.807) is 12.1 Å². The van der Waals surface area contributed by atoms with Gasteiger partial charge in [-0.1, -0.05) is 59.8 Å². The lowest BCUT2D eigenvalue weighted by Gasteiger charge is -2.26. The maximum Gasteiger partial charge on any atom is 0.248 e. The molecule has 0 spiro atoms. The molecule has 5 heteroatoms. The Morgan fingerprint density at radius 2 is 1.83 bits per heavy atom. The minimum absolute atomic E-state index is 0.400. The fourth-order valence-corrected chi connectivity index (χ4v) is 4.08. The highest BCUT2D eigenvalue weighted by atomic mass is 16.5. The Hall–Kier alpha value is -3.44. The molecule has 0 atom stereocenters. The van der Waals surface area contributed by atoms with Gasteiger partial charge in [-0.25, -0.2) is 0 Å². The summed E-state index contributed by atoms with van der Waals surface area (Å²) in [4.78, 5) is 13.7. The highest BCUT2D eigenvalue weighted by Crippen LogP contribution is 2.34. The number of nitrogens with two attached hydrogens (primary N) is 1. The van der Waals surface area contributed by atoms with Crippen LogP contribution >= 0.6 is 0 Å². The van der Waals surface area contributed by atoms with Crippen LogP contribution in [0.3, 0.4) is 0 Å². The minimum atomic E-state index is -0.400. The van der Waals surface area contributed by atoms with Crippen LogP contribution in [0.5, 0.6) is 0 Å². The Labute approximate surface area is 168 Å². The summed E-state index contributed by atoms with van der Waals surface area (Å²) in [5, 5.41) is 6.82. The SMILES string of the molecule is NC(=O)c1ccc(CN2CCc3onc(-c4cccc5ccccc45)c3C2)cc1. The summed E-state index contributed by atoms with van der Waals surface area (Å²) in [5.74, 6) is 0.580. The van der Waals surface area contributed by atoms with Gasteiger partial charge in [-0.15, -0.1) is 0 Å². The van der Waals surface area contributed by atoms with E-state index in [0.29, 0.717) is 5.56 Å². The lowest BCUT2D eigenvalue weighted by Crippen LogP contribution is -2.29. The van der Waals surface area contributed by atoms with Gasteiger partial charge in [-0.3, -0.25) is 9.69 Å². The molecule has 29 heavy (non-hydrogen) atoms. The van der Waals surface area contributed by atoms with Gasteiger partial charge in [-0.2, -0.15) is 0 Å². The van der Waals surface area contributed by atoms with Crippen LogP contribution in [-0.2, 0) is 19.5 Å². The Bertz CT molecular complexity index is 1190. The molecule has 4 aromatic rings. The van der Waals surface area contributed by atoms with E-state index in [0.717, 1.165) is 48.6 Å². The van der Waals surface area contributed by atoms with Crippen LogP contribution < -0.4 is 5.73 Å². The zero-order valence-corrected chi connectivity index (χ0v) is 16.0. The quantitative estimate of drug-likeness (QED) is 0.575. The fourth-order valence-electron chi connectivity index (χ4n) is 4.08. The molecular formula is C24H21N3O2. The van der Waals surface area contributed by atoms with Crippen LogP contribution in [-0.4, -0.2) is 22.5 Å². The van der Waals surface area contributed by atoms with Gasteiger partial charge < -0.3 is 10.3 Å². The number of carbonyl (C=O) groups is 1. The van der Waals surface area contributed by atoms with Crippen molar-refractivity contribution in [1.29, 1.82) is 0 Å². The first-order chi connectivity index (χ1) is 14.2. The van der Waals surface area contributed by atoms with Crippen LogP contribution in [0.25, 0.3) is 22.0 Å². The van der Waals surface area contributed by atoms with E-state index in [2.05, 4.69) is 52.5 Å². The predicted molar refractivity (Wildman–Crippen MR) is 112 cm³/mol. The van der Waals surface area contributed by atoms with Gasteiger partial charge in [0.25, 0.3) is 0 Å². The van der Waals surface area contributed by atoms with Gasteiger partial charge in [-0.05, 0) is 28.5 Å². The third kappa shape index (κ3) is 3.30. The van der Waals surface area contributed by atoms with Crippen LogP contribution in [0.4, 0.5) is 0 Å². The van der Waals surface area contributed by atoms with E-state index in [1.165, 1.54) is 16.3 Å². The van der Waals surface area contributed by atoms with Crippen LogP contribution in [0.2, 0.25) is 0 Å². The number of carbonyl (C=O) groups excluding carboxylic acids is 1. The smallest absolute Gasteiger partial charge is 0.248 e. The zero-order valence-electron chi connectivity index (χ0n) is 16.0. The fraction of sp³-hybridized carbons (Fsp3) is 0.167. The number of hydrogen-bond acceptors (Lipinski definition) is 4. The number of rotatable bonds is 4. The van der Waals surface area contributed by atoms with E-state index in [9.17, 15) is 4.79 Å². The number of primary amides is 1. The van der Waals surface area contributed by atoms with Crippen LogP contribution in [0.15, 0.2) is 71.3 Å². The second-order valence-corrected chi connectivity index (χ2v) is 7.48. The average Bonchev–Trinajstić information content (AvgIpc) is 3.17. The summed E-state index contributed by atoms with van der Waals surface area (Å²) < 4.78 is 5.70. The second-order valence-electron chi connectivity index (χ2n) is 7.48. The maximum atomic E-state index is 11.3. The van der Waals surface area contributed by atoms with Crippen molar-refractivity contribution in [1.82, 2.24) is 10.1 Å². The topological polar surface area (TPSA) is 72.4 Å². The maximum absolute atomic E-state index is 11.3. The van der Waals surface area contributed by atoms with Gasteiger partial charge in [0.05, 0.1) is 0 Å². The number of amides is 1. The largest absolute Gasteiger partial charge is 0.366 e. The standard InChI is InChI=1S/C24H21N3O2/c25-24(28)18-10-8-16(9-11-18)14-27-13-12-22-21(15-27)23(26-29-22)20-7-3-5-17-4-1-2-6-19(17)20/h1-11H,12-15H2,(H2,25,28). The van der Waals surface area contributed by atoms with Crippen molar-refractivity contribution in [2.24, 2.45) is 5.73 Å². The van der Waals surface area contributed by atoms with Crippen molar-refractivity contribution < 1.29 is 9.32 Å². The molecule has 1 amide bonds.